The van der Waals surface area contributed by atoms with E-state index in [-0.39, 0.29) is 5.82 Å². The number of fused-ring (bicyclic) bond motifs is 1. The first kappa shape index (κ1) is 11.0. The Morgan fingerprint density at radius 2 is 1.94 bits per heavy atom. The smallest absolute Gasteiger partial charge is 0.151 e. The molecular weight excluding hydrogens is 227 g/mol. The second kappa shape index (κ2) is 4.26. The molecule has 0 bridgehead atoms. The Bertz CT molecular complexity index is 701. The van der Waals surface area contributed by atoms with Crippen molar-refractivity contribution in [3.8, 4) is 0 Å². The van der Waals surface area contributed by atoms with Gasteiger partial charge in [-0.25, -0.2) is 9.37 Å². The van der Waals surface area contributed by atoms with E-state index >= 15 is 0 Å². The Morgan fingerprint density at radius 1 is 1.11 bits per heavy atom. The molecule has 1 aromatic heterocycles. The number of hydrogen-bond donors (Lipinski definition) is 1. The summed E-state index contributed by atoms with van der Waals surface area (Å²) >= 11 is 0. The van der Waals surface area contributed by atoms with Crippen LogP contribution in [0, 0.1) is 12.7 Å². The number of rotatable bonds is 2. The third-order valence-electron chi connectivity index (χ3n) is 3.13. The molecule has 0 saturated heterocycles. The molecule has 18 heavy (non-hydrogen) atoms. The van der Waals surface area contributed by atoms with E-state index in [0.29, 0.717) is 11.9 Å². The number of aromatic amines is 1. The highest BCUT2D eigenvalue weighted by Gasteiger charge is 2.08. The third kappa shape index (κ3) is 1.88. The number of halogens is 1. The summed E-state index contributed by atoms with van der Waals surface area (Å²) in [6.45, 7) is 2.07. The van der Waals surface area contributed by atoms with Gasteiger partial charge in [-0.15, -0.1) is 0 Å². The molecule has 2 aromatic carbocycles. The third-order valence-corrected chi connectivity index (χ3v) is 3.13. The van der Waals surface area contributed by atoms with Gasteiger partial charge in [0.2, 0.25) is 0 Å². The molecule has 0 aliphatic carbocycles. The van der Waals surface area contributed by atoms with E-state index in [9.17, 15) is 4.39 Å². The molecule has 0 fully saturated rings. The van der Waals surface area contributed by atoms with Crippen LogP contribution < -0.4 is 0 Å². The second-order valence-electron chi connectivity index (χ2n) is 4.42. The Hall–Kier alpha value is -2.16. The maximum Gasteiger partial charge on any atom is 0.151 e. The number of para-hydroxylation sites is 1. The number of aromatic nitrogens is 2. The van der Waals surface area contributed by atoms with Crippen LogP contribution in [-0.4, -0.2) is 9.97 Å². The first-order chi connectivity index (χ1) is 8.74. The zero-order chi connectivity index (χ0) is 12.5. The lowest BCUT2D eigenvalue weighted by Crippen LogP contribution is -1.93. The molecule has 3 heteroatoms. The quantitative estimate of drug-likeness (QED) is 0.728. The van der Waals surface area contributed by atoms with Gasteiger partial charge in [0.25, 0.3) is 0 Å². The molecule has 3 rings (SSSR count). The van der Waals surface area contributed by atoms with E-state index in [1.165, 1.54) is 17.2 Å². The van der Waals surface area contributed by atoms with Crippen molar-refractivity contribution in [1.82, 2.24) is 9.97 Å². The number of H-pyrrole nitrogens is 1. The van der Waals surface area contributed by atoms with Gasteiger partial charge in [-0.05, 0) is 30.2 Å². The average molecular weight is 240 g/mol. The van der Waals surface area contributed by atoms with Crippen molar-refractivity contribution in [3.05, 3.63) is 65.2 Å². The first-order valence-electron chi connectivity index (χ1n) is 5.91. The predicted molar refractivity (Wildman–Crippen MR) is 70.0 cm³/mol. The van der Waals surface area contributed by atoms with Crippen LogP contribution in [0.25, 0.3) is 11.0 Å². The SMILES string of the molecule is Cc1ccccc1Cc1nc2c(F)cccc2[nH]1. The van der Waals surface area contributed by atoms with Crippen molar-refractivity contribution in [3.63, 3.8) is 0 Å². The number of nitrogens with zero attached hydrogens (tertiary/aromatic N) is 1. The molecular formula is C15H13FN2. The molecule has 0 aliphatic rings. The Balaban J connectivity index is 2.01. The molecule has 0 unspecified atom stereocenters. The van der Waals surface area contributed by atoms with Crippen LogP contribution in [0.15, 0.2) is 42.5 Å². The van der Waals surface area contributed by atoms with Crippen molar-refractivity contribution in [2.45, 2.75) is 13.3 Å². The minimum absolute atomic E-state index is 0.278. The van der Waals surface area contributed by atoms with Crippen molar-refractivity contribution in [2.75, 3.05) is 0 Å². The van der Waals surface area contributed by atoms with Gasteiger partial charge in [0.1, 0.15) is 11.3 Å². The summed E-state index contributed by atoms with van der Waals surface area (Å²) in [4.78, 5) is 7.48. The number of imidazole rings is 1. The standard InChI is InChI=1S/C15H13FN2/c1-10-5-2-3-6-11(10)9-14-17-13-8-4-7-12(16)15(13)18-14/h2-8H,9H2,1H3,(H,17,18). The molecule has 1 N–H and O–H groups in total. The lowest BCUT2D eigenvalue weighted by molar-refractivity contribution is 0.637. The molecule has 0 aliphatic heterocycles. The van der Waals surface area contributed by atoms with E-state index < -0.39 is 0 Å². The van der Waals surface area contributed by atoms with E-state index in [1.54, 1.807) is 6.07 Å². The summed E-state index contributed by atoms with van der Waals surface area (Å²) in [6, 6.07) is 13.1. The molecule has 0 spiro atoms. The van der Waals surface area contributed by atoms with Crippen LogP contribution in [0.3, 0.4) is 0 Å². The number of nitrogens with one attached hydrogen (secondary N) is 1. The summed E-state index contributed by atoms with van der Waals surface area (Å²) in [5.74, 6) is 0.518. The average Bonchev–Trinajstić information content (AvgIpc) is 2.76. The van der Waals surface area contributed by atoms with E-state index in [0.717, 1.165) is 11.3 Å². The van der Waals surface area contributed by atoms with Gasteiger partial charge in [0.05, 0.1) is 5.52 Å². The summed E-state index contributed by atoms with van der Waals surface area (Å²) in [5, 5.41) is 0. The summed E-state index contributed by atoms with van der Waals surface area (Å²) in [6.07, 6.45) is 0.695. The van der Waals surface area contributed by atoms with Crippen molar-refractivity contribution >= 4 is 11.0 Å². The van der Waals surface area contributed by atoms with Gasteiger partial charge in [-0.3, -0.25) is 0 Å². The molecule has 0 radical (unpaired) electrons. The molecule has 90 valence electrons. The lowest BCUT2D eigenvalue weighted by Gasteiger charge is -2.02. The lowest BCUT2D eigenvalue weighted by atomic mass is 10.1. The van der Waals surface area contributed by atoms with E-state index in [2.05, 4.69) is 29.0 Å². The second-order valence-corrected chi connectivity index (χ2v) is 4.42. The normalized spacial score (nSPS) is 11.0. The summed E-state index contributed by atoms with van der Waals surface area (Å²) in [5.41, 5.74) is 3.59. The molecule has 0 saturated carbocycles. The Kier molecular flexibility index (Phi) is 2.59. The highest BCUT2D eigenvalue weighted by atomic mass is 19.1. The number of benzene rings is 2. The fourth-order valence-electron chi connectivity index (χ4n) is 2.12. The highest BCUT2D eigenvalue weighted by molar-refractivity contribution is 5.75. The van der Waals surface area contributed by atoms with Crippen LogP contribution in [-0.2, 0) is 6.42 Å². The zero-order valence-corrected chi connectivity index (χ0v) is 10.1. The van der Waals surface area contributed by atoms with E-state index in [4.69, 9.17) is 0 Å². The van der Waals surface area contributed by atoms with Gasteiger partial charge in [-0.1, -0.05) is 30.3 Å². The summed E-state index contributed by atoms with van der Waals surface area (Å²) < 4.78 is 13.5. The Labute approximate surface area is 104 Å². The monoisotopic (exact) mass is 240 g/mol. The van der Waals surface area contributed by atoms with Crippen LogP contribution in [0.2, 0.25) is 0 Å². The maximum absolute atomic E-state index is 13.5. The number of aryl methyl sites for hydroxylation is 1. The van der Waals surface area contributed by atoms with Gasteiger partial charge in [0.15, 0.2) is 5.82 Å². The largest absolute Gasteiger partial charge is 0.342 e. The maximum atomic E-state index is 13.5. The summed E-state index contributed by atoms with van der Waals surface area (Å²) in [7, 11) is 0. The van der Waals surface area contributed by atoms with Crippen molar-refractivity contribution in [1.29, 1.82) is 0 Å². The first-order valence-corrected chi connectivity index (χ1v) is 5.91. The van der Waals surface area contributed by atoms with Gasteiger partial charge >= 0.3 is 0 Å². The molecule has 2 nitrogen and oxygen atoms in total. The topological polar surface area (TPSA) is 28.7 Å². The van der Waals surface area contributed by atoms with Crippen LogP contribution >= 0.6 is 0 Å². The highest BCUT2D eigenvalue weighted by Crippen LogP contribution is 2.17. The molecule has 1 heterocycles. The van der Waals surface area contributed by atoms with Crippen LogP contribution in [0.4, 0.5) is 4.39 Å². The van der Waals surface area contributed by atoms with Crippen LogP contribution in [0.1, 0.15) is 17.0 Å². The minimum Gasteiger partial charge on any atom is -0.342 e. The zero-order valence-electron chi connectivity index (χ0n) is 10.1. The molecule has 0 atom stereocenters. The molecule has 3 aromatic rings. The van der Waals surface area contributed by atoms with Crippen LogP contribution in [0.5, 0.6) is 0 Å². The van der Waals surface area contributed by atoms with Gasteiger partial charge < -0.3 is 4.98 Å². The fourth-order valence-corrected chi connectivity index (χ4v) is 2.12. The van der Waals surface area contributed by atoms with Gasteiger partial charge in [0, 0.05) is 6.42 Å². The predicted octanol–water partition coefficient (Wildman–Crippen LogP) is 3.60. The van der Waals surface area contributed by atoms with Gasteiger partial charge in [-0.2, -0.15) is 0 Å². The fraction of sp³-hybridized carbons (Fsp3) is 0.133. The number of hydrogen-bond acceptors (Lipinski definition) is 1. The Morgan fingerprint density at radius 3 is 2.72 bits per heavy atom. The van der Waals surface area contributed by atoms with Crippen molar-refractivity contribution < 1.29 is 4.39 Å². The van der Waals surface area contributed by atoms with Crippen molar-refractivity contribution in [2.24, 2.45) is 0 Å². The van der Waals surface area contributed by atoms with E-state index in [1.807, 2.05) is 18.2 Å². The minimum atomic E-state index is -0.278. The molecule has 0 amide bonds.